The molecule has 1 N–H and O–H groups in total. The van der Waals surface area contributed by atoms with E-state index in [1.165, 1.54) is 6.07 Å². The Bertz CT molecular complexity index is 523. The molecule has 110 valence electrons. The summed E-state index contributed by atoms with van der Waals surface area (Å²) in [5.41, 5.74) is -0.0914. The first-order valence-corrected chi connectivity index (χ1v) is 7.08. The normalized spacial score (nSPS) is 28.8. The van der Waals surface area contributed by atoms with Crippen LogP contribution in [-0.4, -0.2) is 24.1 Å². The summed E-state index contributed by atoms with van der Waals surface area (Å²) in [4.78, 5) is 10.6. The molecule has 1 aliphatic carbocycles. The van der Waals surface area contributed by atoms with Crippen LogP contribution in [0, 0.1) is 15.5 Å². The van der Waals surface area contributed by atoms with Gasteiger partial charge in [-0.1, -0.05) is 25.4 Å². The van der Waals surface area contributed by atoms with Crippen molar-refractivity contribution < 1.29 is 9.66 Å². The Balaban J connectivity index is 2.21. The van der Waals surface area contributed by atoms with E-state index in [2.05, 4.69) is 19.2 Å². The van der Waals surface area contributed by atoms with Crippen LogP contribution in [-0.2, 0) is 0 Å². The van der Waals surface area contributed by atoms with E-state index in [1.54, 1.807) is 12.1 Å². The lowest BCUT2D eigenvalue weighted by molar-refractivity contribution is -0.386. The summed E-state index contributed by atoms with van der Waals surface area (Å²) >= 11 is 5.80. The van der Waals surface area contributed by atoms with Gasteiger partial charge in [0, 0.05) is 29.0 Å². The Morgan fingerprint density at radius 1 is 1.60 bits per heavy atom. The Morgan fingerprint density at radius 3 is 2.85 bits per heavy atom. The van der Waals surface area contributed by atoms with Gasteiger partial charge in [0.2, 0.25) is 0 Å². The zero-order chi connectivity index (χ0) is 14.9. The van der Waals surface area contributed by atoms with Crippen LogP contribution in [0.1, 0.15) is 26.7 Å². The van der Waals surface area contributed by atoms with Crippen LogP contribution >= 0.6 is 11.6 Å². The molecule has 5 nitrogen and oxygen atoms in total. The molecule has 0 aromatic heterocycles. The third kappa shape index (κ3) is 2.47. The van der Waals surface area contributed by atoms with Gasteiger partial charge in [0.1, 0.15) is 6.10 Å². The molecule has 1 fully saturated rings. The molecule has 1 saturated carbocycles. The molecule has 3 unspecified atom stereocenters. The molecule has 0 bridgehead atoms. The molecular formula is C14H19ClN2O3. The quantitative estimate of drug-likeness (QED) is 0.668. The number of ether oxygens (including phenoxy) is 1. The maximum absolute atomic E-state index is 11.1. The van der Waals surface area contributed by atoms with Crippen molar-refractivity contribution in [2.45, 2.75) is 38.8 Å². The summed E-state index contributed by atoms with van der Waals surface area (Å²) in [6.45, 7) is 4.25. The molecule has 0 saturated heterocycles. The number of nitro benzene ring substituents is 1. The van der Waals surface area contributed by atoms with Gasteiger partial charge in [-0.15, -0.1) is 0 Å². The monoisotopic (exact) mass is 298 g/mol. The number of nitrogens with one attached hydrogen (secondary N) is 1. The maximum atomic E-state index is 11.1. The van der Waals surface area contributed by atoms with Gasteiger partial charge >= 0.3 is 5.69 Å². The van der Waals surface area contributed by atoms with Crippen molar-refractivity contribution in [2.75, 3.05) is 7.05 Å². The third-order valence-electron chi connectivity index (χ3n) is 4.48. The topological polar surface area (TPSA) is 64.4 Å². The lowest BCUT2D eigenvalue weighted by Gasteiger charge is -2.53. The minimum atomic E-state index is -0.460. The SMILES string of the molecule is CCC1(C)C(NC)CC1Oc1ccc(Cl)cc1[N+](=O)[O-]. The average Bonchev–Trinajstić information content (AvgIpc) is 2.42. The van der Waals surface area contributed by atoms with Gasteiger partial charge in [0.15, 0.2) is 5.75 Å². The standard InChI is InChI=1S/C14H19ClN2O3/c1-4-14(2)12(16-3)8-13(14)20-11-6-5-9(15)7-10(11)17(18)19/h5-7,12-13,16H,4,8H2,1-3H3. The van der Waals surface area contributed by atoms with Crippen LogP contribution in [0.25, 0.3) is 0 Å². The summed E-state index contributed by atoms with van der Waals surface area (Å²) in [6.07, 6.45) is 1.77. The molecule has 0 amide bonds. The van der Waals surface area contributed by atoms with E-state index in [4.69, 9.17) is 16.3 Å². The van der Waals surface area contributed by atoms with Gasteiger partial charge in [-0.05, 0) is 25.6 Å². The summed E-state index contributed by atoms with van der Waals surface area (Å²) < 4.78 is 5.90. The zero-order valence-electron chi connectivity index (χ0n) is 11.9. The largest absolute Gasteiger partial charge is 0.483 e. The molecule has 0 heterocycles. The van der Waals surface area contributed by atoms with Gasteiger partial charge in [-0.2, -0.15) is 0 Å². The van der Waals surface area contributed by atoms with Gasteiger partial charge in [-0.25, -0.2) is 0 Å². The molecular weight excluding hydrogens is 280 g/mol. The Kier molecular flexibility index (Phi) is 4.20. The second kappa shape index (κ2) is 5.58. The van der Waals surface area contributed by atoms with E-state index in [9.17, 15) is 10.1 Å². The van der Waals surface area contributed by atoms with Crippen LogP contribution < -0.4 is 10.1 Å². The first-order valence-electron chi connectivity index (χ1n) is 6.70. The number of hydrogen-bond donors (Lipinski definition) is 1. The summed E-state index contributed by atoms with van der Waals surface area (Å²) in [5, 5.41) is 14.7. The highest BCUT2D eigenvalue weighted by Gasteiger charge is 2.51. The number of halogens is 1. The highest BCUT2D eigenvalue weighted by atomic mass is 35.5. The molecule has 1 aliphatic rings. The molecule has 2 rings (SSSR count). The first kappa shape index (κ1) is 15.1. The highest BCUT2D eigenvalue weighted by Crippen LogP contribution is 2.47. The highest BCUT2D eigenvalue weighted by molar-refractivity contribution is 6.30. The summed E-state index contributed by atoms with van der Waals surface area (Å²) in [5.74, 6) is 0.290. The van der Waals surface area contributed by atoms with Crippen molar-refractivity contribution in [2.24, 2.45) is 5.41 Å². The van der Waals surface area contributed by atoms with E-state index < -0.39 is 4.92 Å². The molecule has 20 heavy (non-hydrogen) atoms. The van der Waals surface area contributed by atoms with Crippen LogP contribution in [0.2, 0.25) is 5.02 Å². The fourth-order valence-corrected chi connectivity index (χ4v) is 2.97. The smallest absolute Gasteiger partial charge is 0.312 e. The number of benzene rings is 1. The molecule has 6 heteroatoms. The second-order valence-electron chi connectivity index (χ2n) is 5.41. The Morgan fingerprint density at radius 2 is 2.30 bits per heavy atom. The predicted octanol–water partition coefficient (Wildman–Crippen LogP) is 3.40. The lowest BCUT2D eigenvalue weighted by atomic mass is 9.61. The maximum Gasteiger partial charge on any atom is 0.312 e. The lowest BCUT2D eigenvalue weighted by Crippen LogP contribution is -2.62. The van der Waals surface area contributed by atoms with E-state index in [0.29, 0.717) is 16.8 Å². The number of rotatable bonds is 5. The van der Waals surface area contributed by atoms with Crippen LogP contribution in [0.5, 0.6) is 5.75 Å². The van der Waals surface area contributed by atoms with Crippen molar-refractivity contribution in [3.8, 4) is 5.75 Å². The third-order valence-corrected chi connectivity index (χ3v) is 4.71. The fourth-order valence-electron chi connectivity index (χ4n) is 2.81. The van der Waals surface area contributed by atoms with Gasteiger partial charge in [0.05, 0.1) is 4.92 Å². The van der Waals surface area contributed by atoms with Crippen molar-refractivity contribution in [1.82, 2.24) is 5.32 Å². The van der Waals surface area contributed by atoms with E-state index in [0.717, 1.165) is 12.8 Å². The van der Waals surface area contributed by atoms with Crippen molar-refractivity contribution >= 4 is 17.3 Å². The number of nitrogens with zero attached hydrogens (tertiary/aromatic N) is 1. The van der Waals surface area contributed by atoms with Crippen LogP contribution in [0.15, 0.2) is 18.2 Å². The van der Waals surface area contributed by atoms with E-state index in [-0.39, 0.29) is 17.2 Å². The van der Waals surface area contributed by atoms with Gasteiger partial charge < -0.3 is 10.1 Å². The first-order chi connectivity index (χ1) is 9.42. The minimum Gasteiger partial charge on any atom is -0.483 e. The second-order valence-corrected chi connectivity index (χ2v) is 5.85. The number of nitro groups is 1. The zero-order valence-corrected chi connectivity index (χ0v) is 12.6. The van der Waals surface area contributed by atoms with Crippen LogP contribution in [0.4, 0.5) is 5.69 Å². The summed E-state index contributed by atoms with van der Waals surface area (Å²) in [7, 11) is 1.93. The molecule has 0 aliphatic heterocycles. The number of hydrogen-bond acceptors (Lipinski definition) is 4. The molecule has 0 radical (unpaired) electrons. The predicted molar refractivity (Wildman–Crippen MR) is 78.4 cm³/mol. The van der Waals surface area contributed by atoms with E-state index >= 15 is 0 Å². The van der Waals surface area contributed by atoms with Gasteiger partial charge in [0.25, 0.3) is 0 Å². The molecule has 1 aromatic rings. The van der Waals surface area contributed by atoms with E-state index in [1.807, 2.05) is 7.05 Å². The molecule has 1 aromatic carbocycles. The average molecular weight is 299 g/mol. The van der Waals surface area contributed by atoms with Crippen molar-refractivity contribution in [3.63, 3.8) is 0 Å². The van der Waals surface area contributed by atoms with Crippen LogP contribution in [0.3, 0.4) is 0 Å². The summed E-state index contributed by atoms with van der Waals surface area (Å²) in [6, 6.07) is 4.89. The Labute approximate surface area is 123 Å². The fraction of sp³-hybridized carbons (Fsp3) is 0.571. The molecule has 3 atom stereocenters. The minimum absolute atomic E-state index is 0.0117. The Hall–Kier alpha value is -1.33. The molecule has 0 spiro atoms. The van der Waals surface area contributed by atoms with Gasteiger partial charge in [-0.3, -0.25) is 10.1 Å². The van der Waals surface area contributed by atoms with Crippen molar-refractivity contribution in [3.05, 3.63) is 33.3 Å². The van der Waals surface area contributed by atoms with Crippen molar-refractivity contribution in [1.29, 1.82) is 0 Å².